The lowest BCUT2D eigenvalue weighted by Gasteiger charge is -2.34. The van der Waals surface area contributed by atoms with Gasteiger partial charge in [0.15, 0.2) is 0 Å². The number of fused-ring (bicyclic) bond motifs is 1. The van der Waals surface area contributed by atoms with Crippen LogP contribution in [0.2, 0.25) is 0 Å². The third-order valence-electron chi connectivity index (χ3n) is 4.59. The normalized spacial score (nSPS) is 34.9. The fraction of sp³-hybridized carbons (Fsp3) is 1.00. The van der Waals surface area contributed by atoms with Crippen molar-refractivity contribution >= 4 is 0 Å². The van der Waals surface area contributed by atoms with Crippen molar-refractivity contribution in [2.45, 2.75) is 59.0 Å². The molecule has 0 aromatic heterocycles. The van der Waals surface area contributed by atoms with Crippen molar-refractivity contribution < 1.29 is 9.47 Å². The molecule has 17 heavy (non-hydrogen) atoms. The quantitative estimate of drug-likeness (QED) is 0.744. The highest BCUT2D eigenvalue weighted by Crippen LogP contribution is 2.65. The van der Waals surface area contributed by atoms with Gasteiger partial charge in [0.25, 0.3) is 0 Å². The molecule has 0 amide bonds. The van der Waals surface area contributed by atoms with E-state index in [4.69, 9.17) is 9.47 Å². The molecular weight excluding hydrogens is 212 g/mol. The van der Waals surface area contributed by atoms with Crippen LogP contribution in [0, 0.1) is 17.3 Å². The van der Waals surface area contributed by atoms with Gasteiger partial charge in [-0.2, -0.15) is 0 Å². The van der Waals surface area contributed by atoms with Crippen molar-refractivity contribution in [1.29, 1.82) is 0 Å². The van der Waals surface area contributed by atoms with Gasteiger partial charge in [-0.05, 0) is 37.5 Å². The number of hydrogen-bond donors (Lipinski definition) is 0. The second-order valence-corrected chi connectivity index (χ2v) is 5.82. The average Bonchev–Trinajstić information content (AvgIpc) is 3.06. The predicted octanol–water partition coefficient (Wildman–Crippen LogP) is 3.89. The molecule has 2 rings (SSSR count). The molecule has 2 fully saturated rings. The Morgan fingerprint density at radius 2 is 1.94 bits per heavy atom. The smallest absolute Gasteiger partial charge is 0.0632 e. The Morgan fingerprint density at radius 1 is 1.24 bits per heavy atom. The Labute approximate surface area is 107 Å². The minimum absolute atomic E-state index is 0.566. The van der Waals surface area contributed by atoms with Gasteiger partial charge in [0.2, 0.25) is 0 Å². The minimum Gasteiger partial charge on any atom is -0.385 e. The van der Waals surface area contributed by atoms with Crippen molar-refractivity contribution in [1.82, 2.24) is 0 Å². The average molecular weight is 242 g/mol. The van der Waals surface area contributed by atoms with E-state index < -0.39 is 0 Å². The van der Waals surface area contributed by atoms with Crippen LogP contribution in [-0.2, 0) is 9.47 Å². The number of methoxy groups -OCH3 is 2. The van der Waals surface area contributed by atoms with Gasteiger partial charge in [-0.25, -0.2) is 0 Å². The van der Waals surface area contributed by atoms with Gasteiger partial charge in [0.1, 0.15) is 0 Å². The van der Waals surface area contributed by atoms with E-state index in [2.05, 4.69) is 20.8 Å². The Balaban J connectivity index is 0.000000249. The van der Waals surface area contributed by atoms with E-state index in [1.807, 2.05) is 7.11 Å². The van der Waals surface area contributed by atoms with Gasteiger partial charge in [-0.1, -0.05) is 27.2 Å². The third kappa shape index (κ3) is 3.23. The summed E-state index contributed by atoms with van der Waals surface area (Å²) in [4.78, 5) is 0. The monoisotopic (exact) mass is 242 g/mol. The second-order valence-electron chi connectivity index (χ2n) is 5.82. The van der Waals surface area contributed by atoms with E-state index in [1.54, 1.807) is 7.11 Å². The van der Waals surface area contributed by atoms with Crippen LogP contribution in [0.3, 0.4) is 0 Å². The van der Waals surface area contributed by atoms with Gasteiger partial charge in [-0.15, -0.1) is 0 Å². The Bertz CT molecular complexity index is 213. The fourth-order valence-corrected chi connectivity index (χ4v) is 3.57. The molecule has 2 nitrogen and oxygen atoms in total. The highest BCUT2D eigenvalue weighted by atomic mass is 16.5. The van der Waals surface area contributed by atoms with Crippen molar-refractivity contribution in [3.63, 3.8) is 0 Å². The van der Waals surface area contributed by atoms with Crippen molar-refractivity contribution in [2.24, 2.45) is 17.3 Å². The van der Waals surface area contributed by atoms with Crippen LogP contribution in [0.25, 0.3) is 0 Å². The molecule has 0 aromatic rings. The number of rotatable bonds is 4. The molecule has 102 valence electrons. The molecule has 0 N–H and O–H groups in total. The molecule has 2 heteroatoms. The molecular formula is C15H30O2. The van der Waals surface area contributed by atoms with Crippen LogP contribution in [-0.4, -0.2) is 26.9 Å². The molecule has 3 atom stereocenters. The summed E-state index contributed by atoms with van der Waals surface area (Å²) in [5, 5.41) is 0. The highest BCUT2D eigenvalue weighted by Gasteiger charge is 2.61. The molecule has 0 radical (unpaired) electrons. The van der Waals surface area contributed by atoms with Crippen LogP contribution >= 0.6 is 0 Å². The van der Waals surface area contributed by atoms with Crippen molar-refractivity contribution in [3.05, 3.63) is 0 Å². The van der Waals surface area contributed by atoms with Crippen LogP contribution < -0.4 is 0 Å². The summed E-state index contributed by atoms with van der Waals surface area (Å²) in [6, 6.07) is 0. The minimum atomic E-state index is 0.566. The highest BCUT2D eigenvalue weighted by molar-refractivity contribution is 5.10. The Kier molecular flexibility index (Phi) is 5.94. The molecule has 0 spiro atoms. The number of hydrogen-bond acceptors (Lipinski definition) is 2. The summed E-state index contributed by atoms with van der Waals surface area (Å²) in [6.45, 7) is 7.69. The van der Waals surface area contributed by atoms with Crippen LogP contribution in [0.15, 0.2) is 0 Å². The maximum Gasteiger partial charge on any atom is 0.0632 e. The maximum atomic E-state index is 5.61. The summed E-state index contributed by atoms with van der Waals surface area (Å²) in [6.07, 6.45) is 7.26. The van der Waals surface area contributed by atoms with E-state index in [-0.39, 0.29) is 0 Å². The SMILES string of the molecule is CCCOC.COC1CCCC2CC21C(C)C. The molecule has 0 bridgehead atoms. The van der Waals surface area contributed by atoms with Gasteiger partial charge in [-0.3, -0.25) is 0 Å². The van der Waals surface area contributed by atoms with E-state index in [1.165, 1.54) is 25.7 Å². The van der Waals surface area contributed by atoms with Gasteiger partial charge >= 0.3 is 0 Å². The third-order valence-corrected chi connectivity index (χ3v) is 4.59. The first-order chi connectivity index (χ1) is 8.13. The summed E-state index contributed by atoms with van der Waals surface area (Å²) >= 11 is 0. The summed E-state index contributed by atoms with van der Waals surface area (Å²) in [5.41, 5.74) is 0.590. The zero-order valence-electron chi connectivity index (χ0n) is 12.3. The first-order valence-corrected chi connectivity index (χ1v) is 7.15. The molecule has 0 aliphatic heterocycles. The first kappa shape index (κ1) is 15.0. The molecule has 0 heterocycles. The molecule has 2 aliphatic carbocycles. The summed E-state index contributed by atoms with van der Waals surface area (Å²) in [5.74, 6) is 1.81. The summed E-state index contributed by atoms with van der Waals surface area (Å²) < 4.78 is 10.3. The molecule has 2 aliphatic rings. The lowest BCUT2D eigenvalue weighted by Crippen LogP contribution is -2.33. The fourth-order valence-electron chi connectivity index (χ4n) is 3.57. The van der Waals surface area contributed by atoms with E-state index in [0.717, 1.165) is 24.9 Å². The van der Waals surface area contributed by atoms with E-state index in [0.29, 0.717) is 11.5 Å². The standard InChI is InChI=1S/C11H20O.C4H10O/c1-8(2)11-7-9(11)5-4-6-10(11)12-3;1-3-4-5-2/h8-10H,4-7H2,1-3H3;3-4H2,1-2H3. The van der Waals surface area contributed by atoms with Crippen molar-refractivity contribution in [2.75, 3.05) is 20.8 Å². The lowest BCUT2D eigenvalue weighted by atomic mass is 9.78. The second kappa shape index (κ2) is 6.75. The molecule has 2 saturated carbocycles. The molecule has 0 saturated heterocycles. The van der Waals surface area contributed by atoms with Crippen LogP contribution in [0.5, 0.6) is 0 Å². The molecule has 3 unspecified atom stereocenters. The van der Waals surface area contributed by atoms with Crippen LogP contribution in [0.4, 0.5) is 0 Å². The van der Waals surface area contributed by atoms with E-state index >= 15 is 0 Å². The maximum absolute atomic E-state index is 5.61. The Morgan fingerprint density at radius 3 is 2.29 bits per heavy atom. The zero-order chi connectivity index (χ0) is 12.9. The lowest BCUT2D eigenvalue weighted by molar-refractivity contribution is -0.0108. The zero-order valence-corrected chi connectivity index (χ0v) is 12.3. The Hall–Kier alpha value is -0.0800. The van der Waals surface area contributed by atoms with Gasteiger partial charge < -0.3 is 9.47 Å². The van der Waals surface area contributed by atoms with Crippen molar-refractivity contribution in [3.8, 4) is 0 Å². The predicted molar refractivity (Wildman–Crippen MR) is 72.2 cm³/mol. The molecule has 0 aromatic carbocycles. The van der Waals surface area contributed by atoms with E-state index in [9.17, 15) is 0 Å². The topological polar surface area (TPSA) is 18.5 Å². The number of ether oxygens (including phenoxy) is 2. The van der Waals surface area contributed by atoms with Crippen LogP contribution in [0.1, 0.15) is 52.9 Å². The van der Waals surface area contributed by atoms with Gasteiger partial charge in [0.05, 0.1) is 6.10 Å². The summed E-state index contributed by atoms with van der Waals surface area (Å²) in [7, 11) is 3.60. The van der Waals surface area contributed by atoms with Gasteiger partial charge in [0, 0.05) is 26.2 Å². The largest absolute Gasteiger partial charge is 0.385 e. The first-order valence-electron chi connectivity index (χ1n) is 7.15.